The number of carboxylic acids is 1. The van der Waals surface area contributed by atoms with Gasteiger partial charge >= 0.3 is 5.97 Å². The van der Waals surface area contributed by atoms with Gasteiger partial charge in [0.25, 0.3) is 5.17 Å². The van der Waals surface area contributed by atoms with Gasteiger partial charge in [0.1, 0.15) is 17.8 Å². The summed E-state index contributed by atoms with van der Waals surface area (Å²) in [7, 11) is 1.45. The van der Waals surface area contributed by atoms with Gasteiger partial charge in [-0.15, -0.1) is 5.10 Å². The van der Waals surface area contributed by atoms with Crippen LogP contribution in [0.15, 0.2) is 36.9 Å². The van der Waals surface area contributed by atoms with Crippen molar-refractivity contribution in [1.29, 1.82) is 0 Å². The summed E-state index contributed by atoms with van der Waals surface area (Å²) in [5.41, 5.74) is 1.05. The Morgan fingerprint density at radius 3 is 2.88 bits per heavy atom. The molecule has 3 rings (SSSR count). The second kappa shape index (κ2) is 7.27. The average Bonchev–Trinajstić information content (AvgIpc) is 3.29. The highest BCUT2D eigenvalue weighted by atomic mass is 32.1. The van der Waals surface area contributed by atoms with Crippen LogP contribution in [0.3, 0.4) is 0 Å². The van der Waals surface area contributed by atoms with Gasteiger partial charge in [0.05, 0.1) is 31.2 Å². The summed E-state index contributed by atoms with van der Waals surface area (Å²) in [6.07, 6.45) is 4.09. The number of halogens is 1. The maximum atomic E-state index is 14.4. The van der Waals surface area contributed by atoms with Crippen LogP contribution in [-0.4, -0.2) is 47.9 Å². The molecule has 0 bridgehead atoms. The van der Waals surface area contributed by atoms with Crippen molar-refractivity contribution in [2.24, 2.45) is 0 Å². The monoisotopic (exact) mass is 376 g/mol. The van der Waals surface area contributed by atoms with E-state index in [9.17, 15) is 9.18 Å². The molecule has 0 atom stereocenters. The van der Waals surface area contributed by atoms with Gasteiger partial charge in [0, 0.05) is 12.3 Å². The molecule has 0 fully saturated rings. The number of nitrogens with one attached hydrogen (secondary N) is 1. The molecule has 26 heavy (non-hydrogen) atoms. The third-order valence-electron chi connectivity index (χ3n) is 3.42. The number of hydrogen-bond acceptors (Lipinski definition) is 6. The zero-order valence-electron chi connectivity index (χ0n) is 13.5. The number of benzene rings is 1. The normalized spacial score (nSPS) is 10.5. The molecular formula is C15H13FN6O3S. The fourth-order valence-corrected chi connectivity index (χ4v) is 2.23. The first-order valence-electron chi connectivity index (χ1n) is 7.28. The summed E-state index contributed by atoms with van der Waals surface area (Å²) in [5.74, 6) is -1.75. The number of rotatable bonds is 5. The highest BCUT2D eigenvalue weighted by Gasteiger charge is 2.12. The van der Waals surface area contributed by atoms with Gasteiger partial charge in [-0.25, -0.2) is 18.9 Å². The van der Waals surface area contributed by atoms with E-state index >= 15 is 0 Å². The summed E-state index contributed by atoms with van der Waals surface area (Å²) >= 11 is 4.87. The van der Waals surface area contributed by atoms with Crippen molar-refractivity contribution in [1.82, 2.24) is 29.9 Å². The molecule has 0 saturated heterocycles. The molecule has 0 amide bonds. The molecule has 0 aliphatic heterocycles. The van der Waals surface area contributed by atoms with Crippen LogP contribution < -0.4 is 5.32 Å². The summed E-state index contributed by atoms with van der Waals surface area (Å²) in [5, 5.41) is 19.9. The van der Waals surface area contributed by atoms with Gasteiger partial charge in [-0.3, -0.25) is 0 Å². The van der Waals surface area contributed by atoms with Crippen LogP contribution in [0.2, 0.25) is 0 Å². The SMILES string of the molecule is COC(=S)NCc1cn(-c2ccc(-n3cnc(C(=O)O)c3)c(F)c2)nn1. The fraction of sp³-hybridized carbons (Fsp3) is 0.133. The number of carbonyl (C=O) groups is 1. The van der Waals surface area contributed by atoms with E-state index in [-0.39, 0.29) is 16.6 Å². The molecule has 0 spiro atoms. The van der Waals surface area contributed by atoms with Crippen molar-refractivity contribution in [2.45, 2.75) is 6.54 Å². The molecule has 0 unspecified atom stereocenters. The molecule has 0 radical (unpaired) electrons. The summed E-state index contributed by atoms with van der Waals surface area (Å²) in [6.45, 7) is 0.320. The van der Waals surface area contributed by atoms with Crippen LogP contribution in [0.4, 0.5) is 4.39 Å². The van der Waals surface area contributed by atoms with Gasteiger partial charge in [-0.05, 0) is 24.4 Å². The number of carboxylic acid groups (broad SMARTS) is 1. The van der Waals surface area contributed by atoms with Gasteiger partial charge < -0.3 is 19.7 Å². The van der Waals surface area contributed by atoms with E-state index in [0.29, 0.717) is 17.9 Å². The fourth-order valence-electron chi connectivity index (χ4n) is 2.15. The predicted octanol–water partition coefficient (Wildman–Crippen LogP) is 1.31. The molecular weight excluding hydrogens is 363 g/mol. The van der Waals surface area contributed by atoms with Crippen molar-refractivity contribution in [3.05, 3.63) is 54.1 Å². The number of methoxy groups -OCH3 is 1. The van der Waals surface area contributed by atoms with Crippen LogP contribution in [0, 0.1) is 5.82 Å². The van der Waals surface area contributed by atoms with Crippen LogP contribution in [-0.2, 0) is 11.3 Å². The van der Waals surface area contributed by atoms with E-state index in [1.54, 1.807) is 12.3 Å². The first-order valence-corrected chi connectivity index (χ1v) is 7.69. The topological polar surface area (TPSA) is 107 Å². The van der Waals surface area contributed by atoms with E-state index in [0.717, 1.165) is 0 Å². The lowest BCUT2D eigenvalue weighted by atomic mass is 10.2. The Balaban J connectivity index is 1.80. The predicted molar refractivity (Wildman–Crippen MR) is 91.8 cm³/mol. The van der Waals surface area contributed by atoms with Crippen molar-refractivity contribution in [3.8, 4) is 11.4 Å². The smallest absolute Gasteiger partial charge is 0.356 e. The number of thiocarbonyl (C=S) groups is 1. The third kappa shape index (κ3) is 3.67. The average molecular weight is 376 g/mol. The second-order valence-electron chi connectivity index (χ2n) is 5.11. The largest absolute Gasteiger partial charge is 0.476 e. The minimum absolute atomic E-state index is 0.168. The Bertz CT molecular complexity index is 970. The van der Waals surface area contributed by atoms with E-state index in [4.69, 9.17) is 22.1 Å². The van der Waals surface area contributed by atoms with E-state index in [2.05, 4.69) is 20.6 Å². The summed E-state index contributed by atoms with van der Waals surface area (Å²) in [6, 6.07) is 4.39. The zero-order valence-corrected chi connectivity index (χ0v) is 14.3. The minimum atomic E-state index is -1.18. The molecule has 2 N–H and O–H groups in total. The molecule has 134 valence electrons. The lowest BCUT2D eigenvalue weighted by Crippen LogP contribution is -2.22. The Morgan fingerprint density at radius 2 is 2.23 bits per heavy atom. The van der Waals surface area contributed by atoms with Gasteiger partial charge in [-0.2, -0.15) is 0 Å². The first kappa shape index (κ1) is 17.5. The highest BCUT2D eigenvalue weighted by Crippen LogP contribution is 2.18. The van der Waals surface area contributed by atoms with Crippen molar-refractivity contribution >= 4 is 23.4 Å². The van der Waals surface area contributed by atoms with Crippen LogP contribution in [0.1, 0.15) is 16.2 Å². The zero-order chi connectivity index (χ0) is 18.7. The van der Waals surface area contributed by atoms with Crippen LogP contribution in [0.5, 0.6) is 0 Å². The number of aromatic nitrogens is 5. The summed E-state index contributed by atoms with van der Waals surface area (Å²) < 4.78 is 22.0. The molecule has 9 nitrogen and oxygen atoms in total. The number of aromatic carboxylic acids is 1. The maximum Gasteiger partial charge on any atom is 0.356 e. The Hall–Kier alpha value is -3.34. The molecule has 11 heteroatoms. The number of ether oxygens (including phenoxy) is 1. The van der Waals surface area contributed by atoms with Crippen molar-refractivity contribution in [2.75, 3.05) is 7.11 Å². The standard InChI is InChI=1S/C15H13FN6O3S/c1-25-15(26)17-5-9-6-22(20-19-9)10-2-3-13(11(16)4-10)21-7-12(14(23)24)18-8-21/h2-4,6-8H,5H2,1H3,(H,17,26)(H,23,24). The molecule has 1 aromatic carbocycles. The van der Waals surface area contributed by atoms with E-state index in [1.165, 1.54) is 41.0 Å². The molecule has 0 aliphatic carbocycles. The van der Waals surface area contributed by atoms with Gasteiger partial charge in [-0.1, -0.05) is 5.21 Å². The van der Waals surface area contributed by atoms with E-state index < -0.39 is 11.8 Å². The lowest BCUT2D eigenvalue weighted by molar-refractivity contribution is 0.0691. The van der Waals surface area contributed by atoms with Crippen LogP contribution >= 0.6 is 12.2 Å². The van der Waals surface area contributed by atoms with Crippen LogP contribution in [0.25, 0.3) is 11.4 Å². The summed E-state index contributed by atoms with van der Waals surface area (Å²) in [4.78, 5) is 14.6. The quantitative estimate of drug-likeness (QED) is 0.642. The Kier molecular flexibility index (Phi) is 4.89. The third-order valence-corrected chi connectivity index (χ3v) is 3.73. The maximum absolute atomic E-state index is 14.4. The number of hydrogen-bond donors (Lipinski definition) is 2. The Morgan fingerprint density at radius 1 is 1.42 bits per heavy atom. The van der Waals surface area contributed by atoms with Crippen molar-refractivity contribution < 1.29 is 19.0 Å². The molecule has 0 aliphatic rings. The molecule has 2 aromatic heterocycles. The molecule has 3 aromatic rings. The molecule has 0 saturated carbocycles. The van der Waals surface area contributed by atoms with E-state index in [1.807, 2.05) is 0 Å². The van der Waals surface area contributed by atoms with Gasteiger partial charge in [0.15, 0.2) is 5.69 Å². The Labute approximate surface area is 152 Å². The number of nitrogens with zero attached hydrogens (tertiary/aromatic N) is 5. The first-order chi connectivity index (χ1) is 12.5. The van der Waals surface area contributed by atoms with Crippen molar-refractivity contribution in [3.63, 3.8) is 0 Å². The lowest BCUT2D eigenvalue weighted by Gasteiger charge is -2.06. The minimum Gasteiger partial charge on any atom is -0.476 e. The highest BCUT2D eigenvalue weighted by molar-refractivity contribution is 7.80. The van der Waals surface area contributed by atoms with Gasteiger partial charge in [0.2, 0.25) is 0 Å². The second-order valence-corrected chi connectivity index (χ2v) is 5.48. The number of imidazole rings is 1. The molecule has 2 heterocycles.